The molecule has 0 atom stereocenters. The highest BCUT2D eigenvalue weighted by Crippen LogP contribution is 2.23. The normalized spacial score (nSPS) is 11.0. The largest absolute Gasteiger partial charge is 0.478 e. The zero-order chi connectivity index (χ0) is 34.9. The van der Waals surface area contributed by atoms with Crippen molar-refractivity contribution in [3.63, 3.8) is 0 Å². The highest BCUT2D eigenvalue weighted by molar-refractivity contribution is 5.89. The van der Waals surface area contributed by atoms with Gasteiger partial charge in [-0.2, -0.15) is 0 Å². The monoisotopic (exact) mass is 648 g/mol. The van der Waals surface area contributed by atoms with Crippen LogP contribution in [0.15, 0.2) is 109 Å². The van der Waals surface area contributed by atoms with Crippen LogP contribution in [0.5, 0.6) is 0 Å². The van der Waals surface area contributed by atoms with Crippen molar-refractivity contribution in [2.75, 3.05) is 28.2 Å². The summed E-state index contributed by atoms with van der Waals surface area (Å²) < 4.78 is 0. The van der Waals surface area contributed by atoms with Gasteiger partial charge in [-0.25, -0.2) is 9.59 Å². The van der Waals surface area contributed by atoms with E-state index < -0.39 is 11.9 Å². The van der Waals surface area contributed by atoms with Crippen LogP contribution in [0.25, 0.3) is 22.3 Å². The summed E-state index contributed by atoms with van der Waals surface area (Å²) in [5, 5.41) is 15.6. The first-order valence-corrected chi connectivity index (χ1v) is 16.3. The molecule has 0 unspecified atom stereocenters. The number of aliphatic carboxylic acids is 2. The number of hydrogen-bond acceptors (Lipinski definition) is 5. The summed E-state index contributed by atoms with van der Waals surface area (Å²) >= 11 is 0. The van der Waals surface area contributed by atoms with Gasteiger partial charge in [0.15, 0.2) is 0 Å². The highest BCUT2D eigenvalue weighted by atomic mass is 16.4. The van der Waals surface area contributed by atoms with E-state index in [4.69, 9.17) is 10.2 Å². The maximum Gasteiger partial charge on any atom is 0.328 e. The van der Waals surface area contributed by atoms with E-state index in [1.807, 2.05) is 0 Å². The molecule has 4 aromatic rings. The molecule has 0 fully saturated rings. The van der Waals surface area contributed by atoms with E-state index in [0.29, 0.717) is 30.8 Å². The van der Waals surface area contributed by atoms with Crippen LogP contribution >= 0.6 is 0 Å². The average molecular weight is 649 g/mol. The lowest BCUT2D eigenvalue weighted by atomic mass is 9.98. The molecule has 0 saturated heterocycles. The van der Waals surface area contributed by atoms with Crippen LogP contribution in [0, 0.1) is 0 Å². The highest BCUT2D eigenvalue weighted by Gasteiger charge is 2.06. The molecule has 0 aliphatic carbocycles. The minimum atomic E-state index is -1.26. The predicted octanol–water partition coefficient (Wildman–Crippen LogP) is 7.77. The van der Waals surface area contributed by atoms with Crippen molar-refractivity contribution in [3.05, 3.63) is 131 Å². The molecule has 0 heterocycles. The van der Waals surface area contributed by atoms with Crippen molar-refractivity contribution in [2.45, 2.75) is 51.6 Å². The Labute approximate surface area is 285 Å². The molecule has 0 aliphatic heterocycles. The van der Waals surface area contributed by atoms with Crippen molar-refractivity contribution in [3.8, 4) is 22.3 Å². The van der Waals surface area contributed by atoms with Gasteiger partial charge in [0.05, 0.1) is 0 Å². The standard InChI is InChI=1S/C37H44N2O.C4H4O4/c1-38(2)27-31-15-23-35(24-16-31)33-19-11-29(12-20-33)7-5-9-37(40)10-6-8-30-13-21-34(22-14-30)36-25-17-32(18-26-36)28-39(3)4;5-3(6)1-2-4(7)8/h11-26H,5-10,27-28H2,1-4H3;1-2H,(H,5,6)(H,7,8)/b;2-1+. The number of rotatable bonds is 16. The maximum absolute atomic E-state index is 12.5. The van der Waals surface area contributed by atoms with Gasteiger partial charge in [0, 0.05) is 38.1 Å². The number of hydrogen-bond donors (Lipinski definition) is 2. The molecule has 0 radical (unpaired) electrons. The SMILES string of the molecule is CN(C)Cc1ccc(-c2ccc(CCCC(=O)CCCc3ccc(-c4ccc(CN(C)C)cc4)cc3)cc2)cc1.O=C(O)/C=C/C(=O)O. The van der Waals surface area contributed by atoms with Gasteiger partial charge < -0.3 is 20.0 Å². The van der Waals surface area contributed by atoms with Crippen LogP contribution in [-0.4, -0.2) is 65.9 Å². The Morgan fingerprint density at radius 1 is 0.479 bits per heavy atom. The second-order valence-electron chi connectivity index (χ2n) is 12.5. The molecule has 4 rings (SSSR count). The van der Waals surface area contributed by atoms with E-state index in [0.717, 1.165) is 38.8 Å². The third kappa shape index (κ3) is 14.3. The topological polar surface area (TPSA) is 98.2 Å². The van der Waals surface area contributed by atoms with Crippen molar-refractivity contribution in [1.29, 1.82) is 0 Å². The van der Waals surface area contributed by atoms with Crippen molar-refractivity contribution in [1.82, 2.24) is 9.80 Å². The van der Waals surface area contributed by atoms with E-state index in [1.54, 1.807) is 0 Å². The van der Waals surface area contributed by atoms with Gasteiger partial charge in [-0.05, 0) is 98.4 Å². The van der Waals surface area contributed by atoms with Crippen LogP contribution < -0.4 is 0 Å². The molecule has 0 bridgehead atoms. The van der Waals surface area contributed by atoms with E-state index in [9.17, 15) is 14.4 Å². The Kier molecular flexibility index (Phi) is 15.5. The van der Waals surface area contributed by atoms with Gasteiger partial charge in [0.2, 0.25) is 0 Å². The smallest absolute Gasteiger partial charge is 0.328 e. The Balaban J connectivity index is 0.000000694. The molecule has 0 aromatic heterocycles. The Hall–Kier alpha value is -4.85. The van der Waals surface area contributed by atoms with Crippen LogP contribution in [-0.2, 0) is 40.3 Å². The van der Waals surface area contributed by atoms with Crippen LogP contribution in [0.2, 0.25) is 0 Å². The molecule has 0 spiro atoms. The summed E-state index contributed by atoms with van der Waals surface area (Å²) in [4.78, 5) is 36.0. The molecule has 2 N–H and O–H groups in total. The van der Waals surface area contributed by atoms with Crippen molar-refractivity contribution < 1.29 is 24.6 Å². The van der Waals surface area contributed by atoms with E-state index in [-0.39, 0.29) is 0 Å². The van der Waals surface area contributed by atoms with Gasteiger partial charge in [0.1, 0.15) is 5.78 Å². The van der Waals surface area contributed by atoms with Gasteiger partial charge in [0.25, 0.3) is 0 Å². The summed E-state index contributed by atoms with van der Waals surface area (Å²) in [6.07, 6.45) is 6.18. The van der Waals surface area contributed by atoms with Crippen LogP contribution in [0.1, 0.15) is 47.9 Å². The van der Waals surface area contributed by atoms with Gasteiger partial charge >= 0.3 is 11.9 Å². The second kappa shape index (κ2) is 19.7. The number of carbonyl (C=O) groups excluding carboxylic acids is 1. The number of carboxylic acids is 2. The molecule has 252 valence electrons. The number of nitrogens with zero attached hydrogens (tertiary/aromatic N) is 2. The molecule has 0 aliphatic rings. The average Bonchev–Trinajstić information content (AvgIpc) is 3.05. The lowest BCUT2D eigenvalue weighted by Crippen LogP contribution is -2.10. The van der Waals surface area contributed by atoms with Gasteiger partial charge in [-0.1, -0.05) is 97.1 Å². The number of carbonyl (C=O) groups is 3. The second-order valence-corrected chi connectivity index (χ2v) is 12.5. The molecular formula is C41H48N2O5. The zero-order valence-corrected chi connectivity index (χ0v) is 28.6. The fourth-order valence-electron chi connectivity index (χ4n) is 5.31. The number of aryl methyl sites for hydroxylation is 2. The number of carboxylic acid groups (broad SMARTS) is 2. The maximum atomic E-state index is 12.5. The zero-order valence-electron chi connectivity index (χ0n) is 28.6. The number of ketones is 1. The van der Waals surface area contributed by atoms with Gasteiger partial charge in [-0.15, -0.1) is 0 Å². The number of Topliss-reactive ketones (excluding diaryl/α,β-unsaturated/α-hetero) is 1. The Bertz CT molecular complexity index is 1480. The lowest BCUT2D eigenvalue weighted by Gasteiger charge is -2.10. The third-order valence-electron chi connectivity index (χ3n) is 7.69. The Morgan fingerprint density at radius 2 is 0.750 bits per heavy atom. The first-order chi connectivity index (χ1) is 23.0. The first kappa shape index (κ1) is 37.6. The molecule has 7 heteroatoms. The predicted molar refractivity (Wildman–Crippen MR) is 194 cm³/mol. The molecular weight excluding hydrogens is 600 g/mol. The van der Waals surface area contributed by atoms with Crippen molar-refractivity contribution in [2.24, 2.45) is 0 Å². The Morgan fingerprint density at radius 3 is 1.00 bits per heavy atom. The summed E-state index contributed by atoms with van der Waals surface area (Å²) in [5.74, 6) is -2.14. The summed E-state index contributed by atoms with van der Waals surface area (Å²) in [6.45, 7) is 1.91. The molecule has 4 aromatic carbocycles. The van der Waals surface area contributed by atoms with E-state index in [2.05, 4.69) is 135 Å². The van der Waals surface area contributed by atoms with E-state index >= 15 is 0 Å². The molecule has 0 amide bonds. The molecule has 7 nitrogen and oxygen atoms in total. The third-order valence-corrected chi connectivity index (χ3v) is 7.69. The first-order valence-electron chi connectivity index (χ1n) is 16.3. The quantitative estimate of drug-likeness (QED) is 0.120. The lowest BCUT2D eigenvalue weighted by molar-refractivity contribution is -0.134. The van der Waals surface area contributed by atoms with Gasteiger partial charge in [-0.3, -0.25) is 4.79 Å². The van der Waals surface area contributed by atoms with Crippen LogP contribution in [0.4, 0.5) is 0 Å². The summed E-state index contributed by atoms with van der Waals surface area (Å²) in [5.41, 5.74) is 10.2. The molecule has 48 heavy (non-hydrogen) atoms. The fraction of sp³-hybridized carbons (Fsp3) is 0.293. The fourth-order valence-corrected chi connectivity index (χ4v) is 5.31. The summed E-state index contributed by atoms with van der Waals surface area (Å²) in [7, 11) is 8.36. The molecule has 0 saturated carbocycles. The summed E-state index contributed by atoms with van der Waals surface area (Å²) in [6, 6.07) is 35.2. The van der Waals surface area contributed by atoms with Crippen molar-refractivity contribution >= 4 is 17.7 Å². The minimum Gasteiger partial charge on any atom is -0.478 e. The minimum absolute atomic E-state index is 0.379. The number of benzene rings is 4. The van der Waals surface area contributed by atoms with Crippen LogP contribution in [0.3, 0.4) is 0 Å². The van der Waals surface area contributed by atoms with E-state index in [1.165, 1.54) is 44.5 Å².